The third-order valence-corrected chi connectivity index (χ3v) is 4.96. The molecule has 2 N–H and O–H groups in total. The number of carbonyl (C=O) groups excluding carboxylic acids is 1. The summed E-state index contributed by atoms with van der Waals surface area (Å²) in [6, 6.07) is 13.1. The SMILES string of the molecule is O=C(CSc1nc2ccc(Cl)cc2[nH]1)Nc1ccccc1I. The van der Waals surface area contributed by atoms with Crippen LogP contribution in [-0.4, -0.2) is 21.6 Å². The number of imidazole rings is 1. The second kappa shape index (κ2) is 6.89. The van der Waals surface area contributed by atoms with Gasteiger partial charge in [0.1, 0.15) is 0 Å². The molecule has 0 aliphatic carbocycles. The molecule has 112 valence electrons. The Bertz CT molecular complexity index is 837. The molecule has 0 saturated heterocycles. The van der Waals surface area contributed by atoms with Gasteiger partial charge in [-0.05, 0) is 52.9 Å². The molecule has 3 aromatic rings. The van der Waals surface area contributed by atoms with Crippen molar-refractivity contribution in [3.8, 4) is 0 Å². The Morgan fingerprint density at radius 2 is 2.14 bits per heavy atom. The van der Waals surface area contributed by atoms with E-state index in [-0.39, 0.29) is 5.91 Å². The predicted molar refractivity (Wildman–Crippen MR) is 99.6 cm³/mol. The van der Waals surface area contributed by atoms with E-state index in [1.165, 1.54) is 11.8 Å². The molecule has 2 aromatic carbocycles. The van der Waals surface area contributed by atoms with E-state index >= 15 is 0 Å². The molecular formula is C15H11ClIN3OS. The van der Waals surface area contributed by atoms with Crippen LogP contribution in [0.5, 0.6) is 0 Å². The molecule has 0 unspecified atom stereocenters. The van der Waals surface area contributed by atoms with Crippen LogP contribution in [0.3, 0.4) is 0 Å². The summed E-state index contributed by atoms with van der Waals surface area (Å²) in [7, 11) is 0. The highest BCUT2D eigenvalue weighted by Gasteiger charge is 2.09. The van der Waals surface area contributed by atoms with Crippen LogP contribution in [0.4, 0.5) is 5.69 Å². The summed E-state index contributed by atoms with van der Waals surface area (Å²) in [6.45, 7) is 0. The lowest BCUT2D eigenvalue weighted by atomic mass is 10.3. The van der Waals surface area contributed by atoms with Crippen LogP contribution in [0, 0.1) is 3.57 Å². The first kappa shape index (κ1) is 15.6. The van der Waals surface area contributed by atoms with E-state index < -0.39 is 0 Å². The number of nitrogens with zero attached hydrogens (tertiary/aromatic N) is 1. The molecule has 0 radical (unpaired) electrons. The van der Waals surface area contributed by atoms with E-state index in [0.29, 0.717) is 15.9 Å². The molecule has 1 aromatic heterocycles. The molecule has 7 heteroatoms. The number of rotatable bonds is 4. The molecule has 0 aliphatic rings. The van der Waals surface area contributed by atoms with Crippen LogP contribution in [0.25, 0.3) is 11.0 Å². The van der Waals surface area contributed by atoms with Crippen molar-refractivity contribution in [2.75, 3.05) is 11.1 Å². The van der Waals surface area contributed by atoms with Gasteiger partial charge in [-0.1, -0.05) is 35.5 Å². The number of carbonyl (C=O) groups is 1. The third kappa shape index (κ3) is 3.74. The second-order valence-electron chi connectivity index (χ2n) is 4.52. The molecule has 0 aliphatic heterocycles. The number of amides is 1. The first-order valence-electron chi connectivity index (χ1n) is 6.44. The van der Waals surface area contributed by atoms with Crippen LogP contribution in [0.15, 0.2) is 47.6 Å². The molecule has 0 spiro atoms. The normalized spacial score (nSPS) is 10.8. The van der Waals surface area contributed by atoms with Crippen LogP contribution in [0.2, 0.25) is 5.02 Å². The number of hydrogen-bond donors (Lipinski definition) is 2. The monoisotopic (exact) mass is 443 g/mol. The fourth-order valence-electron chi connectivity index (χ4n) is 1.91. The number of nitrogens with one attached hydrogen (secondary N) is 2. The van der Waals surface area contributed by atoms with Crippen LogP contribution in [0.1, 0.15) is 0 Å². The van der Waals surface area contributed by atoms with Crippen molar-refractivity contribution in [3.63, 3.8) is 0 Å². The lowest BCUT2D eigenvalue weighted by Gasteiger charge is -2.06. The molecule has 4 nitrogen and oxygen atoms in total. The van der Waals surface area contributed by atoms with Gasteiger partial charge in [-0.2, -0.15) is 0 Å². The van der Waals surface area contributed by atoms with Gasteiger partial charge in [-0.3, -0.25) is 4.79 Å². The summed E-state index contributed by atoms with van der Waals surface area (Å²) < 4.78 is 1.01. The Balaban J connectivity index is 1.63. The quantitative estimate of drug-likeness (QED) is 0.459. The Morgan fingerprint density at radius 3 is 2.95 bits per heavy atom. The molecule has 0 fully saturated rings. The highest BCUT2D eigenvalue weighted by molar-refractivity contribution is 14.1. The van der Waals surface area contributed by atoms with Crippen molar-refractivity contribution in [3.05, 3.63) is 51.1 Å². The van der Waals surface area contributed by atoms with E-state index in [4.69, 9.17) is 11.6 Å². The van der Waals surface area contributed by atoms with Crippen molar-refractivity contribution >= 4 is 68.6 Å². The van der Waals surface area contributed by atoms with Gasteiger partial charge in [-0.15, -0.1) is 0 Å². The molecule has 0 atom stereocenters. The molecule has 3 rings (SSSR count). The largest absolute Gasteiger partial charge is 0.333 e. The number of thioether (sulfide) groups is 1. The van der Waals surface area contributed by atoms with Gasteiger partial charge in [0.05, 0.1) is 22.5 Å². The average Bonchev–Trinajstić information content (AvgIpc) is 2.89. The zero-order valence-electron chi connectivity index (χ0n) is 11.3. The number of fused-ring (bicyclic) bond motifs is 1. The van der Waals surface area contributed by atoms with Crippen molar-refractivity contribution in [2.45, 2.75) is 5.16 Å². The van der Waals surface area contributed by atoms with E-state index in [1.807, 2.05) is 36.4 Å². The lowest BCUT2D eigenvalue weighted by molar-refractivity contribution is -0.113. The zero-order chi connectivity index (χ0) is 15.5. The Kier molecular flexibility index (Phi) is 4.90. The van der Waals surface area contributed by atoms with Crippen molar-refractivity contribution < 1.29 is 4.79 Å². The van der Waals surface area contributed by atoms with E-state index in [9.17, 15) is 4.79 Å². The summed E-state index contributed by atoms with van der Waals surface area (Å²) in [6.07, 6.45) is 0. The number of aromatic nitrogens is 2. The molecule has 22 heavy (non-hydrogen) atoms. The fourth-order valence-corrected chi connectivity index (χ4v) is 3.29. The molecule has 0 bridgehead atoms. The van der Waals surface area contributed by atoms with Gasteiger partial charge < -0.3 is 10.3 Å². The van der Waals surface area contributed by atoms with Crippen molar-refractivity contribution in [1.82, 2.24) is 9.97 Å². The maximum absolute atomic E-state index is 12.0. The van der Waals surface area contributed by atoms with E-state index in [0.717, 1.165) is 20.3 Å². The van der Waals surface area contributed by atoms with Gasteiger partial charge in [0, 0.05) is 8.59 Å². The molecular weight excluding hydrogens is 433 g/mol. The first-order valence-corrected chi connectivity index (χ1v) is 8.88. The van der Waals surface area contributed by atoms with Crippen molar-refractivity contribution in [1.29, 1.82) is 0 Å². The number of aromatic amines is 1. The van der Waals surface area contributed by atoms with Gasteiger partial charge in [0.2, 0.25) is 5.91 Å². The summed E-state index contributed by atoms with van der Waals surface area (Å²) in [5.74, 6) is 0.228. The third-order valence-electron chi connectivity index (χ3n) is 2.91. The molecule has 1 amide bonds. The number of para-hydroxylation sites is 1. The van der Waals surface area contributed by atoms with Crippen molar-refractivity contribution in [2.24, 2.45) is 0 Å². The summed E-state index contributed by atoms with van der Waals surface area (Å²) >= 11 is 9.50. The van der Waals surface area contributed by atoms with Gasteiger partial charge >= 0.3 is 0 Å². The standard InChI is InChI=1S/C15H11ClIN3OS/c16-9-5-6-12-13(7-9)20-15(19-12)22-8-14(21)18-11-4-2-1-3-10(11)17/h1-7H,8H2,(H,18,21)(H,19,20). The smallest absolute Gasteiger partial charge is 0.234 e. The molecule has 1 heterocycles. The highest BCUT2D eigenvalue weighted by Crippen LogP contribution is 2.23. The summed E-state index contributed by atoms with van der Waals surface area (Å²) in [4.78, 5) is 19.6. The van der Waals surface area contributed by atoms with Crippen LogP contribution >= 0.6 is 46.0 Å². The summed E-state index contributed by atoms with van der Waals surface area (Å²) in [5.41, 5.74) is 2.53. The summed E-state index contributed by atoms with van der Waals surface area (Å²) in [5, 5.41) is 4.25. The zero-order valence-corrected chi connectivity index (χ0v) is 15.0. The number of halogens is 2. The highest BCUT2D eigenvalue weighted by atomic mass is 127. The van der Waals surface area contributed by atoms with Gasteiger partial charge in [-0.25, -0.2) is 4.98 Å². The fraction of sp³-hybridized carbons (Fsp3) is 0.0667. The van der Waals surface area contributed by atoms with Gasteiger partial charge in [0.15, 0.2) is 5.16 Å². The Hall–Kier alpha value is -1.25. The lowest BCUT2D eigenvalue weighted by Crippen LogP contribution is -2.14. The van der Waals surface area contributed by atoms with E-state index in [2.05, 4.69) is 37.9 Å². The number of benzene rings is 2. The van der Waals surface area contributed by atoms with Gasteiger partial charge in [0.25, 0.3) is 0 Å². The first-order chi connectivity index (χ1) is 10.6. The minimum Gasteiger partial charge on any atom is -0.333 e. The number of anilines is 1. The second-order valence-corrected chi connectivity index (χ2v) is 7.08. The van der Waals surface area contributed by atoms with Crippen LogP contribution in [-0.2, 0) is 4.79 Å². The predicted octanol–water partition coefficient (Wildman–Crippen LogP) is 4.55. The van der Waals surface area contributed by atoms with E-state index in [1.54, 1.807) is 6.07 Å². The van der Waals surface area contributed by atoms with Crippen LogP contribution < -0.4 is 5.32 Å². The number of hydrogen-bond acceptors (Lipinski definition) is 3. The minimum absolute atomic E-state index is 0.0624. The average molecular weight is 444 g/mol. The maximum Gasteiger partial charge on any atom is 0.234 e. The molecule has 0 saturated carbocycles. The Morgan fingerprint density at radius 1 is 1.32 bits per heavy atom. The maximum atomic E-state index is 12.0. The number of H-pyrrole nitrogens is 1. The Labute approximate surface area is 150 Å². The topological polar surface area (TPSA) is 57.8 Å². The minimum atomic E-state index is -0.0624.